The van der Waals surface area contributed by atoms with Crippen LogP contribution in [0.3, 0.4) is 0 Å². The first-order chi connectivity index (χ1) is 17.4. The summed E-state index contributed by atoms with van der Waals surface area (Å²) < 4.78 is 92.2. The molecule has 1 aliphatic carbocycles. The number of phenols is 1. The third-order valence-corrected chi connectivity index (χ3v) is 8.73. The highest BCUT2D eigenvalue weighted by molar-refractivity contribution is 7.92. The zero-order valence-corrected chi connectivity index (χ0v) is 20.1. The maximum absolute atomic E-state index is 14.3. The van der Waals surface area contributed by atoms with Gasteiger partial charge in [-0.05, 0) is 79.4 Å². The first-order valence-electron chi connectivity index (χ1n) is 11.4. The summed E-state index contributed by atoms with van der Waals surface area (Å²) in [6.45, 7) is 0. The number of hydrogen-bond donors (Lipinski definition) is 1. The van der Waals surface area contributed by atoms with Gasteiger partial charge in [0.2, 0.25) is 0 Å². The lowest BCUT2D eigenvalue weighted by molar-refractivity contribution is -0.137. The van der Waals surface area contributed by atoms with Crippen molar-refractivity contribution in [2.24, 2.45) is 5.92 Å². The Bertz CT molecular complexity index is 1410. The second-order valence-electron chi connectivity index (χ2n) is 8.96. The second-order valence-corrected chi connectivity index (χ2v) is 11.1. The summed E-state index contributed by atoms with van der Waals surface area (Å²) in [5.74, 6) is -2.73. The van der Waals surface area contributed by atoms with Gasteiger partial charge in [0.15, 0.2) is 9.84 Å². The van der Waals surface area contributed by atoms with Crippen LogP contribution in [0.5, 0.6) is 5.75 Å². The molecule has 0 saturated heterocycles. The molecule has 4 rings (SSSR count). The maximum Gasteiger partial charge on any atom is 0.416 e. The molecule has 1 saturated carbocycles. The fraction of sp³-hybridized carbons (Fsp3) is 0.308. The van der Waals surface area contributed by atoms with Gasteiger partial charge in [-0.15, -0.1) is 0 Å². The number of alkyl halides is 4. The Kier molecular flexibility index (Phi) is 7.36. The number of phenolic OH excluding ortho intramolecular Hbond substituents is 1. The summed E-state index contributed by atoms with van der Waals surface area (Å²) in [6.07, 6.45) is -5.23. The van der Waals surface area contributed by atoms with Crippen LogP contribution in [-0.4, -0.2) is 35.7 Å². The number of aromatic nitrogens is 1. The molecule has 37 heavy (non-hydrogen) atoms. The number of carbonyl (C=O) groups is 1. The normalized spacial score (nSPS) is 20.2. The summed E-state index contributed by atoms with van der Waals surface area (Å²) in [4.78, 5) is 16.9. The summed E-state index contributed by atoms with van der Waals surface area (Å²) in [6, 6.07) is 9.76. The van der Waals surface area contributed by atoms with Gasteiger partial charge in [-0.1, -0.05) is 0 Å². The molecule has 1 aliphatic rings. The molecule has 0 radical (unpaired) electrons. The number of carbonyl (C=O) groups excluding carboxylic acids is 1. The van der Waals surface area contributed by atoms with Gasteiger partial charge >= 0.3 is 6.18 Å². The number of hydrogen-bond acceptors (Lipinski definition) is 5. The fourth-order valence-electron chi connectivity index (χ4n) is 4.58. The van der Waals surface area contributed by atoms with E-state index in [0.29, 0.717) is 11.6 Å². The van der Waals surface area contributed by atoms with Crippen LogP contribution in [0.15, 0.2) is 65.7 Å². The molecule has 1 fully saturated rings. The van der Waals surface area contributed by atoms with E-state index in [1.54, 1.807) is 6.07 Å². The van der Waals surface area contributed by atoms with Crippen LogP contribution in [-0.2, 0) is 27.2 Å². The monoisotopic (exact) mass is 539 g/mol. The molecule has 3 aromatic rings. The SMILES string of the molecule is O=C(CCc1ccnc(-c2ccc(C(F)(F)F)cc2O)c1)[C@@H]1C[C@@H](F)CC1S(=O)(=O)c1ccc(F)cc1. The molecule has 3 atom stereocenters. The van der Waals surface area contributed by atoms with Gasteiger partial charge in [0.05, 0.1) is 21.4 Å². The third kappa shape index (κ3) is 5.82. The number of halogens is 5. The molecule has 0 bridgehead atoms. The molecule has 1 N–H and O–H groups in total. The first kappa shape index (κ1) is 26.7. The van der Waals surface area contributed by atoms with Crippen molar-refractivity contribution in [3.8, 4) is 17.0 Å². The van der Waals surface area contributed by atoms with Crippen LogP contribution in [0.4, 0.5) is 22.0 Å². The van der Waals surface area contributed by atoms with Crippen molar-refractivity contribution in [2.75, 3.05) is 0 Å². The number of aryl methyl sites for hydroxylation is 1. The molecule has 0 amide bonds. The van der Waals surface area contributed by atoms with Gasteiger partial charge < -0.3 is 5.11 Å². The first-order valence-corrected chi connectivity index (χ1v) is 12.9. The largest absolute Gasteiger partial charge is 0.507 e. The van der Waals surface area contributed by atoms with E-state index >= 15 is 0 Å². The van der Waals surface area contributed by atoms with E-state index in [4.69, 9.17) is 0 Å². The minimum absolute atomic E-state index is 0.0719. The Balaban J connectivity index is 1.49. The predicted octanol–water partition coefficient (Wildman–Crippen LogP) is 5.70. The van der Waals surface area contributed by atoms with Crippen LogP contribution in [0, 0.1) is 11.7 Å². The lowest BCUT2D eigenvalue weighted by atomic mass is 9.96. The molecule has 0 spiro atoms. The Morgan fingerprint density at radius 2 is 1.73 bits per heavy atom. The van der Waals surface area contributed by atoms with Crippen molar-refractivity contribution in [3.63, 3.8) is 0 Å². The standard InChI is InChI=1S/C26H22F5NO4S/c27-17-3-5-19(6-4-17)37(35,36)25-14-18(28)13-21(25)23(33)8-1-15-9-10-32-22(11-15)20-7-2-16(12-24(20)34)26(29,30)31/h2-7,9-12,18,21,25,34H,1,8,13-14H2/t18-,21+,25?/m1/s1. The Hall–Kier alpha value is -3.34. The van der Waals surface area contributed by atoms with Gasteiger partial charge in [0.1, 0.15) is 23.5 Å². The summed E-state index contributed by atoms with van der Waals surface area (Å²) in [5.41, 5.74) is -0.172. The van der Waals surface area contributed by atoms with E-state index in [0.717, 1.165) is 36.4 Å². The second kappa shape index (κ2) is 10.2. The van der Waals surface area contributed by atoms with Crippen LogP contribution in [0.25, 0.3) is 11.3 Å². The number of benzene rings is 2. The number of nitrogens with zero attached hydrogens (tertiary/aromatic N) is 1. The van der Waals surface area contributed by atoms with E-state index < -0.39 is 56.3 Å². The zero-order valence-electron chi connectivity index (χ0n) is 19.3. The molecule has 0 aliphatic heterocycles. The molecule has 2 aromatic carbocycles. The number of ketones is 1. The highest BCUT2D eigenvalue weighted by atomic mass is 32.2. The number of aromatic hydroxyl groups is 1. The Morgan fingerprint density at radius 3 is 2.38 bits per heavy atom. The average Bonchev–Trinajstić information content (AvgIpc) is 3.25. The van der Waals surface area contributed by atoms with Crippen LogP contribution < -0.4 is 0 Å². The minimum Gasteiger partial charge on any atom is -0.507 e. The number of rotatable bonds is 7. The van der Waals surface area contributed by atoms with Gasteiger partial charge in [0.25, 0.3) is 0 Å². The van der Waals surface area contributed by atoms with E-state index in [1.807, 2.05) is 0 Å². The summed E-state index contributed by atoms with van der Waals surface area (Å²) in [5, 5.41) is 8.83. The minimum atomic E-state index is -4.62. The van der Waals surface area contributed by atoms with Crippen LogP contribution >= 0.6 is 0 Å². The molecule has 196 valence electrons. The van der Waals surface area contributed by atoms with Crippen molar-refractivity contribution in [2.45, 2.75) is 48.2 Å². The molecule has 5 nitrogen and oxygen atoms in total. The van der Waals surface area contributed by atoms with Crippen LogP contribution in [0.2, 0.25) is 0 Å². The third-order valence-electron chi connectivity index (χ3n) is 6.49. The van der Waals surface area contributed by atoms with Gasteiger partial charge in [-0.2, -0.15) is 13.2 Å². The number of Topliss-reactive ketones (excluding diaryl/α,β-unsaturated/α-hetero) is 1. The predicted molar refractivity (Wildman–Crippen MR) is 125 cm³/mol. The van der Waals surface area contributed by atoms with E-state index in [-0.39, 0.29) is 41.8 Å². The van der Waals surface area contributed by atoms with Crippen molar-refractivity contribution in [3.05, 3.63) is 77.7 Å². The molecular weight excluding hydrogens is 517 g/mol. The highest BCUT2D eigenvalue weighted by Crippen LogP contribution is 2.38. The van der Waals surface area contributed by atoms with Gasteiger partial charge in [0, 0.05) is 24.1 Å². The van der Waals surface area contributed by atoms with E-state index in [9.17, 15) is 40.3 Å². The number of pyridine rings is 1. The molecule has 1 unspecified atom stereocenters. The lowest BCUT2D eigenvalue weighted by Gasteiger charge is -2.19. The molecular formula is C26H22F5NO4S. The van der Waals surface area contributed by atoms with Gasteiger partial charge in [-0.3, -0.25) is 9.78 Å². The van der Waals surface area contributed by atoms with E-state index in [1.165, 1.54) is 12.3 Å². The Labute approximate surface area is 209 Å². The molecule has 1 heterocycles. The smallest absolute Gasteiger partial charge is 0.416 e. The fourth-order valence-corrected chi connectivity index (χ4v) is 6.60. The number of sulfone groups is 1. The van der Waals surface area contributed by atoms with E-state index in [2.05, 4.69) is 4.98 Å². The quantitative estimate of drug-likeness (QED) is 0.308. The Morgan fingerprint density at radius 1 is 1.03 bits per heavy atom. The zero-order chi connectivity index (χ0) is 27.0. The highest BCUT2D eigenvalue weighted by Gasteiger charge is 2.46. The topological polar surface area (TPSA) is 84.3 Å². The summed E-state index contributed by atoms with van der Waals surface area (Å²) in [7, 11) is -4.07. The molecule has 1 aromatic heterocycles. The average molecular weight is 540 g/mol. The van der Waals surface area contributed by atoms with Crippen LogP contribution in [0.1, 0.15) is 30.4 Å². The lowest BCUT2D eigenvalue weighted by Crippen LogP contribution is -2.31. The van der Waals surface area contributed by atoms with Crippen molar-refractivity contribution in [1.29, 1.82) is 0 Å². The van der Waals surface area contributed by atoms with Crippen molar-refractivity contribution in [1.82, 2.24) is 4.98 Å². The van der Waals surface area contributed by atoms with Crippen molar-refractivity contribution >= 4 is 15.6 Å². The maximum atomic E-state index is 14.3. The van der Waals surface area contributed by atoms with Gasteiger partial charge in [-0.25, -0.2) is 17.2 Å². The van der Waals surface area contributed by atoms with Crippen molar-refractivity contribution < 1.29 is 40.3 Å². The molecule has 11 heteroatoms. The summed E-state index contributed by atoms with van der Waals surface area (Å²) >= 11 is 0.